The summed E-state index contributed by atoms with van der Waals surface area (Å²) in [6.07, 6.45) is 1.22. The van der Waals surface area contributed by atoms with Crippen LogP contribution in [0.1, 0.15) is 45.3 Å². The lowest BCUT2D eigenvalue weighted by atomic mass is 9.62. The SMILES string of the molecule is CC(=O)OCC(C)(O)C1C[C@@H](O)[C@]2(C)Oc3cc(-c4cccnc4)oc(=O)c3[C@H](O)[C@H]2C1. The highest BCUT2D eigenvalue weighted by Crippen LogP contribution is 2.52. The summed E-state index contributed by atoms with van der Waals surface area (Å²) in [5.41, 5.74) is -2.81. The summed E-state index contributed by atoms with van der Waals surface area (Å²) in [6, 6.07) is 4.95. The standard InChI is InChI=1S/C23H27NO8/c1-12(25)30-11-22(2,29)14-7-15-20(27)19-17(32-23(15,3)18(26)8-14)9-16(31-21(19)28)13-5-4-6-24-10-13/h4-6,9-10,14-15,18,20,26-27,29H,7-8,11H2,1-3H3/t14?,15-,18-,20-,22?,23-/m1/s1. The molecule has 2 aromatic heterocycles. The Balaban J connectivity index is 1.69. The van der Waals surface area contributed by atoms with Crippen LogP contribution in [0.2, 0.25) is 0 Å². The lowest BCUT2D eigenvalue weighted by molar-refractivity contribution is -0.193. The van der Waals surface area contributed by atoms with Crippen molar-refractivity contribution < 1.29 is 34.0 Å². The van der Waals surface area contributed by atoms with Crippen molar-refractivity contribution >= 4 is 5.97 Å². The van der Waals surface area contributed by atoms with Crippen molar-refractivity contribution in [2.24, 2.45) is 11.8 Å². The summed E-state index contributed by atoms with van der Waals surface area (Å²) < 4.78 is 16.6. The molecule has 6 atom stereocenters. The van der Waals surface area contributed by atoms with E-state index in [2.05, 4.69) is 4.98 Å². The van der Waals surface area contributed by atoms with Crippen molar-refractivity contribution in [2.45, 2.75) is 57.0 Å². The molecule has 4 rings (SSSR count). The number of carbonyl (C=O) groups excluding carboxylic acids is 1. The minimum absolute atomic E-state index is 0.0207. The summed E-state index contributed by atoms with van der Waals surface area (Å²) in [5.74, 6) is -1.33. The van der Waals surface area contributed by atoms with E-state index in [4.69, 9.17) is 13.9 Å². The number of rotatable bonds is 4. The van der Waals surface area contributed by atoms with Gasteiger partial charge < -0.3 is 29.2 Å². The van der Waals surface area contributed by atoms with Gasteiger partial charge in [0, 0.05) is 36.9 Å². The van der Waals surface area contributed by atoms with Gasteiger partial charge in [-0.1, -0.05) is 0 Å². The number of carbonyl (C=O) groups is 1. The van der Waals surface area contributed by atoms with E-state index in [9.17, 15) is 24.9 Å². The predicted octanol–water partition coefficient (Wildman–Crippen LogP) is 1.59. The van der Waals surface area contributed by atoms with E-state index >= 15 is 0 Å². The molecule has 9 nitrogen and oxygen atoms in total. The Morgan fingerprint density at radius 1 is 1.38 bits per heavy atom. The quantitative estimate of drug-likeness (QED) is 0.599. The molecule has 1 fully saturated rings. The average molecular weight is 445 g/mol. The highest BCUT2D eigenvalue weighted by atomic mass is 16.5. The van der Waals surface area contributed by atoms with E-state index in [0.717, 1.165) is 0 Å². The molecular formula is C23H27NO8. The van der Waals surface area contributed by atoms with E-state index in [1.54, 1.807) is 31.5 Å². The smallest absolute Gasteiger partial charge is 0.345 e. The number of ether oxygens (including phenoxy) is 2. The molecule has 1 aliphatic carbocycles. The number of hydrogen-bond acceptors (Lipinski definition) is 9. The van der Waals surface area contributed by atoms with Gasteiger partial charge in [-0.15, -0.1) is 0 Å². The molecule has 2 aromatic rings. The molecule has 3 N–H and O–H groups in total. The molecule has 0 saturated heterocycles. The number of aromatic nitrogens is 1. The molecule has 0 radical (unpaired) electrons. The molecule has 1 saturated carbocycles. The lowest BCUT2D eigenvalue weighted by Gasteiger charge is -2.53. The van der Waals surface area contributed by atoms with Crippen LogP contribution in [-0.2, 0) is 9.53 Å². The number of aliphatic hydroxyl groups is 3. The summed E-state index contributed by atoms with van der Waals surface area (Å²) in [4.78, 5) is 28.0. The Kier molecular flexibility index (Phi) is 5.60. The Morgan fingerprint density at radius 2 is 2.12 bits per heavy atom. The Labute approximate surface area is 184 Å². The Hall–Kier alpha value is -2.75. The van der Waals surface area contributed by atoms with Crippen LogP contribution in [-0.4, -0.2) is 50.2 Å². The van der Waals surface area contributed by atoms with Crippen LogP contribution in [0.15, 0.2) is 39.8 Å². The van der Waals surface area contributed by atoms with Crippen LogP contribution in [0.25, 0.3) is 11.3 Å². The van der Waals surface area contributed by atoms with E-state index < -0.39 is 46.8 Å². The van der Waals surface area contributed by atoms with Gasteiger partial charge in [-0.3, -0.25) is 9.78 Å². The predicted molar refractivity (Wildman–Crippen MR) is 112 cm³/mol. The molecule has 2 aliphatic rings. The van der Waals surface area contributed by atoms with Crippen molar-refractivity contribution in [2.75, 3.05) is 6.61 Å². The Bertz CT molecular complexity index is 1070. The van der Waals surface area contributed by atoms with Crippen LogP contribution in [0.4, 0.5) is 0 Å². The maximum absolute atomic E-state index is 12.8. The summed E-state index contributed by atoms with van der Waals surface area (Å²) in [5, 5.41) is 33.0. The lowest BCUT2D eigenvalue weighted by Crippen LogP contribution is -2.62. The van der Waals surface area contributed by atoms with Gasteiger partial charge in [0.15, 0.2) is 0 Å². The van der Waals surface area contributed by atoms with Crippen LogP contribution in [0.3, 0.4) is 0 Å². The van der Waals surface area contributed by atoms with Gasteiger partial charge >= 0.3 is 11.6 Å². The fourth-order valence-electron chi connectivity index (χ4n) is 4.77. The molecule has 0 spiro atoms. The molecule has 1 aliphatic heterocycles. The zero-order valence-corrected chi connectivity index (χ0v) is 18.1. The van der Waals surface area contributed by atoms with Gasteiger partial charge in [0.2, 0.25) is 0 Å². The zero-order valence-electron chi connectivity index (χ0n) is 18.1. The van der Waals surface area contributed by atoms with Crippen molar-refractivity contribution in [3.63, 3.8) is 0 Å². The number of fused-ring (bicyclic) bond motifs is 2. The van der Waals surface area contributed by atoms with Gasteiger partial charge in [-0.25, -0.2) is 4.79 Å². The fourth-order valence-corrected chi connectivity index (χ4v) is 4.77. The van der Waals surface area contributed by atoms with Crippen molar-refractivity contribution in [1.82, 2.24) is 4.98 Å². The molecule has 9 heteroatoms. The van der Waals surface area contributed by atoms with E-state index in [-0.39, 0.29) is 36.5 Å². The number of pyridine rings is 1. The second-order valence-corrected chi connectivity index (χ2v) is 9.08. The van der Waals surface area contributed by atoms with Crippen molar-refractivity contribution in [3.05, 3.63) is 46.6 Å². The summed E-state index contributed by atoms with van der Waals surface area (Å²) in [7, 11) is 0. The van der Waals surface area contributed by atoms with Crippen LogP contribution in [0, 0.1) is 11.8 Å². The normalized spacial score (nSPS) is 30.9. The van der Waals surface area contributed by atoms with Crippen LogP contribution >= 0.6 is 0 Å². The molecule has 3 heterocycles. The molecule has 32 heavy (non-hydrogen) atoms. The minimum atomic E-state index is -1.43. The third-order valence-electron chi connectivity index (χ3n) is 6.79. The van der Waals surface area contributed by atoms with E-state index in [0.29, 0.717) is 5.56 Å². The number of nitrogens with zero attached hydrogens (tertiary/aromatic N) is 1. The van der Waals surface area contributed by atoms with Gasteiger partial charge in [0.05, 0.1) is 17.8 Å². The number of aliphatic hydroxyl groups excluding tert-OH is 2. The maximum Gasteiger partial charge on any atom is 0.345 e. The average Bonchev–Trinajstić information content (AvgIpc) is 2.73. The largest absolute Gasteiger partial charge is 0.484 e. The van der Waals surface area contributed by atoms with Crippen molar-refractivity contribution in [1.29, 1.82) is 0 Å². The first kappa shape index (κ1) is 22.4. The first-order valence-electron chi connectivity index (χ1n) is 10.5. The van der Waals surface area contributed by atoms with Crippen LogP contribution < -0.4 is 10.4 Å². The number of esters is 1. The number of hydrogen-bond donors (Lipinski definition) is 3. The highest BCUT2D eigenvalue weighted by Gasteiger charge is 2.58. The first-order valence-corrected chi connectivity index (χ1v) is 10.5. The molecule has 172 valence electrons. The van der Waals surface area contributed by atoms with Gasteiger partial charge in [0.1, 0.15) is 29.3 Å². The first-order chi connectivity index (χ1) is 15.0. The third-order valence-corrected chi connectivity index (χ3v) is 6.79. The zero-order chi connectivity index (χ0) is 23.3. The summed E-state index contributed by atoms with van der Waals surface area (Å²) >= 11 is 0. The second kappa shape index (κ2) is 7.99. The third kappa shape index (κ3) is 3.80. The topological polar surface area (TPSA) is 139 Å². The highest BCUT2D eigenvalue weighted by molar-refractivity contribution is 5.66. The second-order valence-electron chi connectivity index (χ2n) is 9.08. The maximum atomic E-state index is 12.8. The molecule has 2 unspecified atom stereocenters. The fraction of sp³-hybridized carbons (Fsp3) is 0.522. The molecular weight excluding hydrogens is 418 g/mol. The summed E-state index contributed by atoms with van der Waals surface area (Å²) in [6.45, 7) is 4.21. The minimum Gasteiger partial charge on any atom is -0.484 e. The van der Waals surface area contributed by atoms with Gasteiger partial charge in [0.25, 0.3) is 0 Å². The van der Waals surface area contributed by atoms with Crippen molar-refractivity contribution in [3.8, 4) is 17.1 Å². The van der Waals surface area contributed by atoms with E-state index in [1.807, 2.05) is 0 Å². The van der Waals surface area contributed by atoms with Gasteiger partial charge in [-0.05, 0) is 44.7 Å². The van der Waals surface area contributed by atoms with Gasteiger partial charge in [-0.2, -0.15) is 0 Å². The Morgan fingerprint density at radius 3 is 2.78 bits per heavy atom. The molecule has 0 bridgehead atoms. The monoisotopic (exact) mass is 445 g/mol. The molecule has 0 amide bonds. The molecule has 0 aromatic carbocycles. The van der Waals surface area contributed by atoms with E-state index in [1.165, 1.54) is 19.9 Å². The van der Waals surface area contributed by atoms with Crippen LogP contribution in [0.5, 0.6) is 5.75 Å².